The maximum atomic E-state index is 6.03. The minimum atomic E-state index is -0.0145. The van der Waals surface area contributed by atoms with Crippen molar-refractivity contribution in [1.82, 2.24) is 9.97 Å². The third-order valence-corrected chi connectivity index (χ3v) is 3.03. The number of nitrogen functional groups attached to an aromatic ring is 1. The first-order valence-corrected chi connectivity index (χ1v) is 5.48. The highest BCUT2D eigenvalue weighted by molar-refractivity contribution is 7.09. The molecule has 0 fully saturated rings. The van der Waals surface area contributed by atoms with Gasteiger partial charge in [-0.1, -0.05) is 0 Å². The Morgan fingerprint density at radius 1 is 1.47 bits per heavy atom. The smallest absolute Gasteiger partial charge is 0.123 e. The van der Waals surface area contributed by atoms with Gasteiger partial charge in [0.2, 0.25) is 0 Å². The summed E-state index contributed by atoms with van der Waals surface area (Å²) in [7, 11) is 0. The van der Waals surface area contributed by atoms with Crippen LogP contribution >= 0.6 is 11.3 Å². The molecule has 0 aliphatic carbocycles. The highest BCUT2D eigenvalue weighted by Crippen LogP contribution is 2.19. The van der Waals surface area contributed by atoms with Crippen LogP contribution in [0, 0.1) is 0 Å². The molecule has 0 aromatic carbocycles. The molecule has 2 aromatic rings. The van der Waals surface area contributed by atoms with Crippen LogP contribution in [0.25, 0.3) is 0 Å². The van der Waals surface area contributed by atoms with Crippen molar-refractivity contribution in [2.45, 2.75) is 12.5 Å². The summed E-state index contributed by atoms with van der Waals surface area (Å²) in [6.07, 6.45) is 4.26. The minimum absolute atomic E-state index is 0.0145. The summed E-state index contributed by atoms with van der Waals surface area (Å²) in [5.41, 5.74) is 14.5. The van der Waals surface area contributed by atoms with Crippen molar-refractivity contribution < 1.29 is 0 Å². The maximum Gasteiger partial charge on any atom is 0.123 e. The Hall–Kier alpha value is -1.46. The van der Waals surface area contributed by atoms with E-state index in [-0.39, 0.29) is 6.04 Å². The molecule has 4 nitrogen and oxygen atoms in total. The van der Waals surface area contributed by atoms with Crippen molar-refractivity contribution in [3.63, 3.8) is 0 Å². The zero-order valence-electron chi connectivity index (χ0n) is 8.13. The highest BCUT2D eigenvalue weighted by atomic mass is 32.1. The lowest BCUT2D eigenvalue weighted by Gasteiger charge is -2.08. The molecule has 0 amide bonds. The van der Waals surface area contributed by atoms with Gasteiger partial charge in [0, 0.05) is 23.3 Å². The quantitative estimate of drug-likeness (QED) is 0.818. The summed E-state index contributed by atoms with van der Waals surface area (Å²) in [6.45, 7) is 0. The fourth-order valence-corrected chi connectivity index (χ4v) is 2.01. The molecule has 0 radical (unpaired) electrons. The second-order valence-electron chi connectivity index (χ2n) is 3.30. The topological polar surface area (TPSA) is 77.8 Å². The lowest BCUT2D eigenvalue weighted by molar-refractivity contribution is 0.734. The Morgan fingerprint density at radius 3 is 3.00 bits per heavy atom. The minimum Gasteiger partial charge on any atom is -0.384 e. The first-order valence-electron chi connectivity index (χ1n) is 4.60. The summed E-state index contributed by atoms with van der Waals surface area (Å²) in [5, 5.41) is 0. The van der Waals surface area contributed by atoms with E-state index >= 15 is 0 Å². The first kappa shape index (κ1) is 10.1. The predicted molar refractivity (Wildman–Crippen MR) is 61.4 cm³/mol. The van der Waals surface area contributed by atoms with Gasteiger partial charge < -0.3 is 11.5 Å². The lowest BCUT2D eigenvalue weighted by atomic mass is 10.1. The van der Waals surface area contributed by atoms with E-state index < -0.39 is 0 Å². The molecule has 0 saturated heterocycles. The monoisotopic (exact) mass is 220 g/mol. The van der Waals surface area contributed by atoms with Crippen LogP contribution in [0.5, 0.6) is 0 Å². The molecular weight excluding hydrogens is 208 g/mol. The van der Waals surface area contributed by atoms with E-state index in [0.29, 0.717) is 5.82 Å². The van der Waals surface area contributed by atoms with Crippen molar-refractivity contribution in [3.8, 4) is 0 Å². The number of hydrogen-bond donors (Lipinski definition) is 2. The van der Waals surface area contributed by atoms with Crippen LogP contribution in [0.15, 0.2) is 30.0 Å². The van der Waals surface area contributed by atoms with Crippen molar-refractivity contribution in [2.24, 2.45) is 5.73 Å². The average Bonchev–Trinajstić information content (AvgIpc) is 2.70. The molecule has 0 saturated carbocycles. The van der Waals surface area contributed by atoms with E-state index in [4.69, 9.17) is 11.5 Å². The van der Waals surface area contributed by atoms with Crippen molar-refractivity contribution in [1.29, 1.82) is 0 Å². The Kier molecular flexibility index (Phi) is 2.94. The van der Waals surface area contributed by atoms with Crippen LogP contribution in [-0.4, -0.2) is 9.97 Å². The van der Waals surface area contributed by atoms with Crippen LogP contribution in [0.2, 0.25) is 0 Å². The number of thiazole rings is 1. The number of hydrogen-bond acceptors (Lipinski definition) is 5. The molecule has 2 rings (SSSR count). The van der Waals surface area contributed by atoms with E-state index in [1.54, 1.807) is 29.2 Å². The second kappa shape index (κ2) is 4.37. The predicted octanol–water partition coefficient (Wildman–Crippen LogP) is 1.36. The second-order valence-corrected chi connectivity index (χ2v) is 4.22. The lowest BCUT2D eigenvalue weighted by Crippen LogP contribution is -2.12. The maximum absolute atomic E-state index is 6.03. The van der Waals surface area contributed by atoms with Gasteiger partial charge in [-0.25, -0.2) is 4.98 Å². The number of pyridine rings is 1. The van der Waals surface area contributed by atoms with Gasteiger partial charge in [-0.15, -0.1) is 11.3 Å². The number of nitrogens with two attached hydrogens (primary N) is 2. The van der Waals surface area contributed by atoms with Crippen molar-refractivity contribution in [2.75, 3.05) is 5.73 Å². The average molecular weight is 220 g/mol. The molecule has 4 N–H and O–H groups in total. The fraction of sp³-hybridized carbons (Fsp3) is 0.200. The first-order chi connectivity index (χ1) is 7.25. The third kappa shape index (κ3) is 2.51. The number of anilines is 1. The van der Waals surface area contributed by atoms with Crippen LogP contribution in [0.3, 0.4) is 0 Å². The molecule has 5 heteroatoms. The zero-order valence-corrected chi connectivity index (χ0v) is 8.95. The zero-order chi connectivity index (χ0) is 10.7. The molecule has 0 aliphatic rings. The standard InChI is InChI=1S/C10H12N4S/c11-8(9-5-13-6-15-9)3-7-1-2-14-10(12)4-7/h1-2,4-6,8H,3,11H2,(H2,12,14). The molecule has 1 atom stereocenters. The van der Waals surface area contributed by atoms with E-state index in [2.05, 4.69) is 9.97 Å². The molecule has 0 bridgehead atoms. The molecule has 0 aliphatic heterocycles. The van der Waals surface area contributed by atoms with E-state index in [9.17, 15) is 0 Å². The molecule has 15 heavy (non-hydrogen) atoms. The largest absolute Gasteiger partial charge is 0.384 e. The van der Waals surface area contributed by atoms with Gasteiger partial charge in [-0.05, 0) is 24.1 Å². The summed E-state index contributed by atoms with van der Waals surface area (Å²) < 4.78 is 0. The fourth-order valence-electron chi connectivity index (χ4n) is 1.38. The van der Waals surface area contributed by atoms with Crippen LogP contribution in [-0.2, 0) is 6.42 Å². The molecule has 2 heterocycles. The Morgan fingerprint density at radius 2 is 2.33 bits per heavy atom. The molecule has 1 unspecified atom stereocenters. The van der Waals surface area contributed by atoms with Gasteiger partial charge in [-0.2, -0.15) is 0 Å². The van der Waals surface area contributed by atoms with Crippen molar-refractivity contribution >= 4 is 17.2 Å². The van der Waals surface area contributed by atoms with Gasteiger partial charge in [0.25, 0.3) is 0 Å². The van der Waals surface area contributed by atoms with Crippen LogP contribution in [0.4, 0.5) is 5.82 Å². The van der Waals surface area contributed by atoms with E-state index in [0.717, 1.165) is 16.9 Å². The summed E-state index contributed by atoms with van der Waals surface area (Å²) in [6, 6.07) is 3.76. The highest BCUT2D eigenvalue weighted by Gasteiger charge is 2.08. The van der Waals surface area contributed by atoms with Crippen LogP contribution in [0.1, 0.15) is 16.5 Å². The Bertz CT molecular complexity index is 427. The molecular formula is C10H12N4S. The van der Waals surface area contributed by atoms with Gasteiger partial charge in [0.1, 0.15) is 5.82 Å². The molecule has 78 valence electrons. The van der Waals surface area contributed by atoms with Crippen molar-refractivity contribution in [3.05, 3.63) is 40.5 Å². The third-order valence-electron chi connectivity index (χ3n) is 2.12. The van der Waals surface area contributed by atoms with Gasteiger partial charge in [0.05, 0.1) is 5.51 Å². The normalized spacial score (nSPS) is 12.6. The summed E-state index contributed by atoms with van der Waals surface area (Å²) >= 11 is 1.57. The van der Waals surface area contributed by atoms with Gasteiger partial charge in [-0.3, -0.25) is 4.98 Å². The number of aromatic nitrogens is 2. The Balaban J connectivity index is 2.09. The number of nitrogens with zero attached hydrogens (tertiary/aromatic N) is 2. The summed E-state index contributed by atoms with van der Waals surface area (Å²) in [5.74, 6) is 0.531. The van der Waals surface area contributed by atoms with Gasteiger partial charge >= 0.3 is 0 Å². The van der Waals surface area contributed by atoms with Crippen LogP contribution < -0.4 is 11.5 Å². The van der Waals surface area contributed by atoms with E-state index in [1.165, 1.54) is 0 Å². The van der Waals surface area contributed by atoms with Gasteiger partial charge in [0.15, 0.2) is 0 Å². The summed E-state index contributed by atoms with van der Waals surface area (Å²) in [4.78, 5) is 9.03. The number of rotatable bonds is 3. The SMILES string of the molecule is Nc1cc(CC(N)c2cncs2)ccn1. The Labute approximate surface area is 92.0 Å². The van der Waals surface area contributed by atoms with E-state index in [1.807, 2.05) is 12.1 Å². The molecule has 0 spiro atoms. The molecule has 2 aromatic heterocycles.